The maximum atomic E-state index is 6.79. The zero-order valence-corrected chi connectivity index (χ0v) is 14.2. The Morgan fingerprint density at radius 3 is 2.96 bits per heavy atom. The maximum absolute atomic E-state index is 6.79. The van der Waals surface area contributed by atoms with Crippen molar-refractivity contribution in [3.63, 3.8) is 0 Å². The van der Waals surface area contributed by atoms with Crippen LogP contribution in [0.15, 0.2) is 30.5 Å². The number of aryl methyl sites for hydroxylation is 1. The van der Waals surface area contributed by atoms with E-state index in [0.717, 1.165) is 17.4 Å². The fraction of sp³-hybridized carbons (Fsp3) is 0.550. The van der Waals surface area contributed by atoms with Gasteiger partial charge in [-0.3, -0.25) is 9.88 Å². The van der Waals surface area contributed by atoms with E-state index in [-0.39, 0.29) is 6.04 Å². The second-order valence-corrected chi connectivity index (χ2v) is 7.46. The largest absolute Gasteiger partial charge is 0.323 e. The van der Waals surface area contributed by atoms with E-state index in [2.05, 4.69) is 48.0 Å². The van der Waals surface area contributed by atoms with Gasteiger partial charge >= 0.3 is 0 Å². The highest BCUT2D eigenvalue weighted by Gasteiger charge is 2.41. The van der Waals surface area contributed by atoms with Crippen LogP contribution in [-0.2, 0) is 0 Å². The Morgan fingerprint density at radius 2 is 2.22 bits per heavy atom. The molecule has 3 aliphatic heterocycles. The van der Waals surface area contributed by atoms with Gasteiger partial charge in [-0.05, 0) is 61.9 Å². The number of nitrogens with zero attached hydrogens (tertiary/aromatic N) is 2. The van der Waals surface area contributed by atoms with Gasteiger partial charge in [-0.2, -0.15) is 0 Å². The van der Waals surface area contributed by atoms with E-state index in [4.69, 9.17) is 5.73 Å². The monoisotopic (exact) mass is 309 g/mol. The van der Waals surface area contributed by atoms with Crippen LogP contribution >= 0.6 is 0 Å². The number of benzene rings is 1. The molecule has 0 amide bonds. The summed E-state index contributed by atoms with van der Waals surface area (Å²) < 4.78 is 0. The van der Waals surface area contributed by atoms with Crippen LogP contribution in [0.1, 0.15) is 43.4 Å². The number of hydrogen-bond donors (Lipinski definition) is 1. The number of pyridine rings is 1. The molecule has 2 aromatic rings. The predicted octanol–water partition coefficient (Wildman–Crippen LogP) is 3.66. The number of hydrogen-bond acceptors (Lipinski definition) is 3. The molecule has 5 atom stereocenters. The van der Waals surface area contributed by atoms with Gasteiger partial charge in [0, 0.05) is 30.2 Å². The van der Waals surface area contributed by atoms with E-state index in [1.54, 1.807) is 0 Å². The van der Waals surface area contributed by atoms with Crippen molar-refractivity contribution in [2.75, 3.05) is 13.1 Å². The molecular formula is C20H27N3. The molecule has 4 heterocycles. The molecule has 0 aliphatic carbocycles. The highest BCUT2D eigenvalue weighted by molar-refractivity contribution is 5.83. The standard InChI is InChI=1S/C20H27N3/c1-3-14-12-23-9-7-15(14)11-19(23)20(21)16-6-8-22-18-5-4-13(2)10-17(16)18/h4-6,8,10,14-15,19-20H,3,7,9,11-12,21H2,1-2H3/t14?,15?,19-,20-/m0/s1. The van der Waals surface area contributed by atoms with E-state index in [1.165, 1.54) is 48.9 Å². The Hall–Kier alpha value is -1.45. The molecule has 122 valence electrons. The third-order valence-corrected chi connectivity index (χ3v) is 6.16. The average molecular weight is 309 g/mol. The quantitative estimate of drug-likeness (QED) is 0.941. The summed E-state index contributed by atoms with van der Waals surface area (Å²) in [6, 6.07) is 9.19. The highest BCUT2D eigenvalue weighted by Crippen LogP contribution is 2.41. The van der Waals surface area contributed by atoms with Crippen molar-refractivity contribution in [3.8, 4) is 0 Å². The molecule has 1 aromatic carbocycles. The van der Waals surface area contributed by atoms with Crippen LogP contribution in [0, 0.1) is 18.8 Å². The molecular weight excluding hydrogens is 282 g/mol. The molecule has 1 aromatic heterocycles. The predicted molar refractivity (Wildman–Crippen MR) is 95.3 cm³/mol. The molecule has 23 heavy (non-hydrogen) atoms. The van der Waals surface area contributed by atoms with Crippen molar-refractivity contribution >= 4 is 10.9 Å². The Balaban J connectivity index is 1.68. The topological polar surface area (TPSA) is 42.1 Å². The van der Waals surface area contributed by atoms with Gasteiger partial charge in [0.2, 0.25) is 0 Å². The second-order valence-electron chi connectivity index (χ2n) is 7.46. The average Bonchev–Trinajstić information content (AvgIpc) is 2.60. The third-order valence-electron chi connectivity index (χ3n) is 6.16. The Bertz CT molecular complexity index is 711. The van der Waals surface area contributed by atoms with Gasteiger partial charge in [0.15, 0.2) is 0 Å². The summed E-state index contributed by atoms with van der Waals surface area (Å²) >= 11 is 0. The zero-order chi connectivity index (χ0) is 16.0. The van der Waals surface area contributed by atoms with Gasteiger partial charge in [0.05, 0.1) is 5.52 Å². The molecule has 0 saturated carbocycles. The lowest BCUT2D eigenvalue weighted by molar-refractivity contribution is -0.0105. The van der Waals surface area contributed by atoms with Crippen LogP contribution in [0.2, 0.25) is 0 Å². The molecule has 2 bridgehead atoms. The Morgan fingerprint density at radius 1 is 1.35 bits per heavy atom. The Kier molecular flexibility index (Phi) is 3.86. The van der Waals surface area contributed by atoms with Gasteiger partial charge in [0.1, 0.15) is 0 Å². The molecule has 2 N–H and O–H groups in total. The highest BCUT2D eigenvalue weighted by atomic mass is 15.2. The van der Waals surface area contributed by atoms with E-state index < -0.39 is 0 Å². The smallest absolute Gasteiger partial charge is 0.0705 e. The van der Waals surface area contributed by atoms with Crippen LogP contribution in [0.5, 0.6) is 0 Å². The van der Waals surface area contributed by atoms with E-state index in [9.17, 15) is 0 Å². The van der Waals surface area contributed by atoms with Gasteiger partial charge in [-0.15, -0.1) is 0 Å². The molecule has 0 spiro atoms. The first-order valence-corrected chi connectivity index (χ1v) is 9.02. The summed E-state index contributed by atoms with van der Waals surface area (Å²) in [6.45, 7) is 6.93. The molecule has 3 unspecified atom stereocenters. The van der Waals surface area contributed by atoms with E-state index >= 15 is 0 Å². The minimum atomic E-state index is 0.0860. The van der Waals surface area contributed by atoms with E-state index in [0.29, 0.717) is 6.04 Å². The molecule has 3 nitrogen and oxygen atoms in total. The SMILES string of the molecule is CCC1CN2CCC1C[C@H]2[C@@H](N)c1ccnc2ccc(C)cc12. The van der Waals surface area contributed by atoms with Crippen molar-refractivity contribution in [2.24, 2.45) is 17.6 Å². The van der Waals surface area contributed by atoms with Crippen LogP contribution < -0.4 is 5.73 Å². The number of nitrogens with two attached hydrogens (primary N) is 1. The lowest BCUT2D eigenvalue weighted by Crippen LogP contribution is -2.56. The number of piperidine rings is 3. The molecule has 3 saturated heterocycles. The van der Waals surface area contributed by atoms with Gasteiger partial charge < -0.3 is 5.73 Å². The van der Waals surface area contributed by atoms with Crippen LogP contribution in [0.25, 0.3) is 10.9 Å². The Labute approximate surface area is 138 Å². The first-order valence-electron chi connectivity index (χ1n) is 9.02. The normalized spacial score (nSPS) is 31.4. The zero-order valence-electron chi connectivity index (χ0n) is 14.2. The van der Waals surface area contributed by atoms with Crippen molar-refractivity contribution in [1.82, 2.24) is 9.88 Å². The molecule has 5 rings (SSSR count). The second kappa shape index (κ2) is 5.88. The summed E-state index contributed by atoms with van der Waals surface area (Å²) in [5, 5.41) is 1.23. The maximum Gasteiger partial charge on any atom is 0.0705 e. The van der Waals surface area contributed by atoms with Gasteiger partial charge in [-0.25, -0.2) is 0 Å². The summed E-state index contributed by atoms with van der Waals surface area (Å²) in [5.41, 5.74) is 10.4. The van der Waals surface area contributed by atoms with Crippen molar-refractivity contribution in [1.29, 1.82) is 0 Å². The summed E-state index contributed by atoms with van der Waals surface area (Å²) in [4.78, 5) is 7.17. The molecule has 3 heteroatoms. The van der Waals surface area contributed by atoms with Crippen LogP contribution in [-0.4, -0.2) is 29.0 Å². The van der Waals surface area contributed by atoms with Crippen LogP contribution in [0.4, 0.5) is 0 Å². The summed E-state index contributed by atoms with van der Waals surface area (Å²) in [5.74, 6) is 1.75. The number of rotatable bonds is 3. The summed E-state index contributed by atoms with van der Waals surface area (Å²) in [7, 11) is 0. The van der Waals surface area contributed by atoms with E-state index in [1.807, 2.05) is 6.20 Å². The third kappa shape index (κ3) is 2.56. The van der Waals surface area contributed by atoms with Gasteiger partial charge in [0.25, 0.3) is 0 Å². The summed E-state index contributed by atoms with van der Waals surface area (Å²) in [6.07, 6.45) is 5.84. The fourth-order valence-corrected chi connectivity index (χ4v) is 4.80. The molecule has 3 aliphatic rings. The first-order chi connectivity index (χ1) is 11.2. The van der Waals surface area contributed by atoms with Crippen LogP contribution in [0.3, 0.4) is 0 Å². The van der Waals surface area contributed by atoms with Crippen molar-refractivity contribution in [3.05, 3.63) is 41.6 Å². The van der Waals surface area contributed by atoms with Crippen molar-refractivity contribution < 1.29 is 0 Å². The lowest BCUT2D eigenvalue weighted by atomic mass is 9.72. The number of aromatic nitrogens is 1. The molecule has 0 radical (unpaired) electrons. The number of fused-ring (bicyclic) bond motifs is 4. The minimum absolute atomic E-state index is 0.0860. The molecule has 3 fully saturated rings. The van der Waals surface area contributed by atoms with Gasteiger partial charge in [-0.1, -0.05) is 25.0 Å². The minimum Gasteiger partial charge on any atom is -0.323 e. The van der Waals surface area contributed by atoms with Crippen molar-refractivity contribution in [2.45, 2.75) is 45.2 Å². The first kappa shape index (κ1) is 15.1. The fourth-order valence-electron chi connectivity index (χ4n) is 4.80. The lowest BCUT2D eigenvalue weighted by Gasteiger charge is -2.51.